The van der Waals surface area contributed by atoms with Crippen LogP contribution in [0.4, 0.5) is 4.79 Å². The molecule has 0 spiro atoms. The molecule has 3 aliphatic heterocycles. The van der Waals surface area contributed by atoms with E-state index in [-0.39, 0.29) is 42.4 Å². The topological polar surface area (TPSA) is 146 Å². The zero-order chi connectivity index (χ0) is 38.0. The lowest BCUT2D eigenvalue weighted by molar-refractivity contribution is -0.147. The minimum absolute atomic E-state index is 0.0405. The number of halogens is 2. The predicted molar refractivity (Wildman–Crippen MR) is 203 cm³/mol. The SMILES string of the molecule is COC(=O)C[C@@H](C)C(=O)N1[C@@H]2C[C@@H]2C[C@H]1c1nc(-c2ccc(-c3ccc(C4=C(Cl)N=C([C@@H]5C[C@H]6C[C@H]6N5C(=O)[C@H](C)NC(=O)OC)C4)cc3)cc2)c(Cl)[nH]1. The molecule has 2 aromatic carbocycles. The van der Waals surface area contributed by atoms with Crippen LogP contribution in [0, 0.1) is 17.8 Å². The van der Waals surface area contributed by atoms with Gasteiger partial charge in [-0.1, -0.05) is 78.7 Å². The minimum Gasteiger partial charge on any atom is -0.469 e. The number of piperidine rings is 2. The molecule has 2 saturated carbocycles. The van der Waals surface area contributed by atoms with Gasteiger partial charge in [-0.25, -0.2) is 14.8 Å². The van der Waals surface area contributed by atoms with Gasteiger partial charge in [0.05, 0.1) is 32.7 Å². The van der Waals surface area contributed by atoms with Gasteiger partial charge in [-0.15, -0.1) is 0 Å². The Kier molecular flexibility index (Phi) is 9.54. The summed E-state index contributed by atoms with van der Waals surface area (Å²) in [6.07, 6.45) is 3.54. The van der Waals surface area contributed by atoms with Gasteiger partial charge in [0.15, 0.2) is 0 Å². The van der Waals surface area contributed by atoms with Crippen LogP contribution in [0.1, 0.15) is 69.8 Å². The number of carbonyl (C=O) groups is 4. The van der Waals surface area contributed by atoms with E-state index in [2.05, 4.69) is 27.2 Å². The number of esters is 1. The van der Waals surface area contributed by atoms with Crippen LogP contribution in [-0.2, 0) is 23.9 Å². The van der Waals surface area contributed by atoms with Crippen molar-refractivity contribution in [2.45, 2.75) is 82.6 Å². The van der Waals surface area contributed by atoms with Crippen LogP contribution in [0.2, 0.25) is 5.15 Å². The van der Waals surface area contributed by atoms with Gasteiger partial charge >= 0.3 is 12.1 Å². The number of hydrogen-bond acceptors (Lipinski definition) is 8. The number of benzene rings is 2. The molecule has 2 saturated heterocycles. The van der Waals surface area contributed by atoms with Gasteiger partial charge in [-0.05, 0) is 61.1 Å². The summed E-state index contributed by atoms with van der Waals surface area (Å²) in [6.45, 7) is 3.44. The number of nitrogens with one attached hydrogen (secondary N) is 2. The summed E-state index contributed by atoms with van der Waals surface area (Å²) in [5.41, 5.74) is 6.27. The number of allylic oxidation sites excluding steroid dienone is 1. The second-order valence-corrected chi connectivity index (χ2v) is 15.9. The van der Waals surface area contributed by atoms with Gasteiger partial charge in [0.1, 0.15) is 27.9 Å². The van der Waals surface area contributed by atoms with Crippen LogP contribution >= 0.6 is 23.2 Å². The van der Waals surface area contributed by atoms with Crippen molar-refractivity contribution in [1.29, 1.82) is 0 Å². The van der Waals surface area contributed by atoms with E-state index in [1.54, 1.807) is 13.8 Å². The van der Waals surface area contributed by atoms with Crippen LogP contribution in [0.25, 0.3) is 28.0 Å². The van der Waals surface area contributed by atoms with Gasteiger partial charge in [0.2, 0.25) is 11.8 Å². The fourth-order valence-electron chi connectivity index (χ4n) is 8.59. The smallest absolute Gasteiger partial charge is 0.407 e. The van der Waals surface area contributed by atoms with E-state index in [4.69, 9.17) is 37.9 Å². The van der Waals surface area contributed by atoms with Crippen molar-refractivity contribution in [3.05, 3.63) is 70.2 Å². The third-order valence-electron chi connectivity index (χ3n) is 11.7. The van der Waals surface area contributed by atoms with Gasteiger partial charge in [0, 0.05) is 41.3 Å². The molecule has 8 rings (SSSR count). The molecule has 2 aliphatic carbocycles. The number of aromatic nitrogens is 2. The molecule has 4 heterocycles. The summed E-state index contributed by atoms with van der Waals surface area (Å²) in [5.74, 6) is 0.443. The molecule has 3 aromatic rings. The average molecular weight is 774 g/mol. The highest BCUT2D eigenvalue weighted by molar-refractivity contribution is 6.35. The summed E-state index contributed by atoms with van der Waals surface area (Å²) in [6, 6.07) is 15.5. The van der Waals surface area contributed by atoms with Gasteiger partial charge in [-0.3, -0.25) is 14.4 Å². The number of methoxy groups -OCH3 is 2. The van der Waals surface area contributed by atoms with Crippen LogP contribution < -0.4 is 5.32 Å². The Morgan fingerprint density at radius 3 is 2.00 bits per heavy atom. The highest BCUT2D eigenvalue weighted by Gasteiger charge is 2.57. The van der Waals surface area contributed by atoms with E-state index >= 15 is 0 Å². The van der Waals surface area contributed by atoms with Gasteiger partial charge in [0.25, 0.3) is 0 Å². The first kappa shape index (κ1) is 36.3. The Labute approximate surface area is 323 Å². The monoisotopic (exact) mass is 772 g/mol. The van der Waals surface area contributed by atoms with E-state index in [1.807, 2.05) is 46.2 Å². The molecule has 54 heavy (non-hydrogen) atoms. The summed E-state index contributed by atoms with van der Waals surface area (Å²) in [5, 5.41) is 3.44. The highest BCUT2D eigenvalue weighted by atomic mass is 35.5. The number of carbonyl (C=O) groups excluding carboxylic acids is 4. The molecule has 4 fully saturated rings. The number of amides is 3. The number of aliphatic imine (C=N–C) groups is 1. The van der Waals surface area contributed by atoms with E-state index < -0.39 is 24.0 Å². The zero-order valence-electron chi connectivity index (χ0n) is 30.5. The van der Waals surface area contributed by atoms with Crippen LogP contribution in [0.15, 0.2) is 58.7 Å². The maximum atomic E-state index is 13.4. The Balaban J connectivity index is 0.924. The number of rotatable bonds is 10. The molecule has 282 valence electrons. The van der Waals surface area contributed by atoms with Crippen LogP contribution in [0.5, 0.6) is 0 Å². The Morgan fingerprint density at radius 1 is 0.815 bits per heavy atom. The lowest BCUT2D eigenvalue weighted by Crippen LogP contribution is -2.51. The van der Waals surface area contributed by atoms with Crippen molar-refractivity contribution in [1.82, 2.24) is 25.1 Å². The van der Waals surface area contributed by atoms with E-state index in [0.717, 1.165) is 59.2 Å². The maximum Gasteiger partial charge on any atom is 0.407 e. The summed E-state index contributed by atoms with van der Waals surface area (Å²) in [4.78, 5) is 67.1. The summed E-state index contributed by atoms with van der Waals surface area (Å²) < 4.78 is 9.47. The fraction of sp³-hybridized carbons (Fsp3) is 0.450. The second kappa shape index (κ2) is 14.2. The van der Waals surface area contributed by atoms with E-state index in [1.165, 1.54) is 14.2 Å². The molecule has 2 N–H and O–H groups in total. The molecule has 0 unspecified atom stereocenters. The number of likely N-dealkylation sites (tertiary alicyclic amines) is 2. The maximum absolute atomic E-state index is 13.4. The average Bonchev–Trinajstić information content (AvgIpc) is 3.89. The van der Waals surface area contributed by atoms with Gasteiger partial charge < -0.3 is 29.6 Å². The standard InChI is InChI=1S/C40H42Cl2N6O6/c1-19(13-33(49)53-3)38(50)48-30-15-26(30)17-32(48)37-45-34(36(42)46-37)24-11-7-22(8-12-24)21-5-9-23(10-6-21)27-18-28(44-35(27)41)31-16-25-14-29(25)47(31)39(51)20(2)43-40(52)54-4/h5-12,19-20,25-26,29-32H,13-18H2,1-4H3,(H,43,52)(H,45,46)/t19-,20+,25-,26-,29-,30-,31+,32+/m1/s1. The molecule has 1 aromatic heterocycles. The molecule has 8 atom stereocenters. The first-order valence-electron chi connectivity index (χ1n) is 18.4. The van der Waals surface area contributed by atoms with E-state index in [0.29, 0.717) is 40.1 Å². The number of alkyl carbamates (subject to hydrolysis) is 1. The van der Waals surface area contributed by atoms with Crippen molar-refractivity contribution in [3.8, 4) is 22.4 Å². The Hall–Kier alpha value is -4.68. The van der Waals surface area contributed by atoms with Crippen molar-refractivity contribution in [3.63, 3.8) is 0 Å². The van der Waals surface area contributed by atoms with E-state index in [9.17, 15) is 19.2 Å². The van der Waals surface area contributed by atoms with Crippen molar-refractivity contribution >= 4 is 58.4 Å². The number of imidazole rings is 1. The Morgan fingerprint density at radius 2 is 1.39 bits per heavy atom. The zero-order valence-corrected chi connectivity index (χ0v) is 32.0. The first-order valence-corrected chi connectivity index (χ1v) is 19.2. The minimum atomic E-state index is -0.708. The molecule has 0 radical (unpaired) electrons. The predicted octanol–water partition coefficient (Wildman–Crippen LogP) is 6.74. The van der Waals surface area contributed by atoms with Gasteiger partial charge in [-0.2, -0.15) is 0 Å². The number of nitrogens with zero attached hydrogens (tertiary/aromatic N) is 4. The molecule has 12 nitrogen and oxygen atoms in total. The lowest BCUT2D eigenvalue weighted by atomic mass is 9.95. The molecular formula is C40H42Cl2N6O6. The molecular weight excluding hydrogens is 731 g/mol. The summed E-state index contributed by atoms with van der Waals surface area (Å²) >= 11 is 13.4. The van der Waals surface area contributed by atoms with Crippen LogP contribution in [0.3, 0.4) is 0 Å². The van der Waals surface area contributed by atoms with Crippen molar-refractivity contribution in [2.24, 2.45) is 22.7 Å². The normalized spacial score (nSPS) is 26.1. The van der Waals surface area contributed by atoms with Crippen molar-refractivity contribution in [2.75, 3.05) is 14.2 Å². The number of aromatic amines is 1. The fourth-order valence-corrected chi connectivity index (χ4v) is 9.12. The number of ether oxygens (including phenoxy) is 2. The van der Waals surface area contributed by atoms with Crippen molar-refractivity contribution < 1.29 is 28.7 Å². The highest BCUT2D eigenvalue weighted by Crippen LogP contribution is 2.54. The third-order valence-corrected chi connectivity index (χ3v) is 12.3. The molecule has 3 amide bonds. The molecule has 5 aliphatic rings. The first-order chi connectivity index (χ1) is 25.9. The number of fused-ring (bicyclic) bond motifs is 2. The quantitative estimate of drug-likeness (QED) is 0.171. The second-order valence-electron chi connectivity index (χ2n) is 15.1. The molecule has 0 bridgehead atoms. The number of H-pyrrole nitrogens is 1. The Bertz CT molecular complexity index is 2080. The van der Waals surface area contributed by atoms with Crippen LogP contribution in [-0.4, -0.2) is 87.7 Å². The largest absolute Gasteiger partial charge is 0.469 e. The third kappa shape index (κ3) is 6.68. The molecule has 14 heteroatoms. The summed E-state index contributed by atoms with van der Waals surface area (Å²) in [7, 11) is 2.61. The number of hydrogen-bond donors (Lipinski definition) is 2. The lowest BCUT2D eigenvalue weighted by Gasteiger charge is -2.30.